The maximum absolute atomic E-state index is 12.3. The number of amides is 1. The monoisotopic (exact) mass is 332 g/mol. The zero-order chi connectivity index (χ0) is 17.0. The fourth-order valence-corrected chi connectivity index (χ4v) is 2.90. The van der Waals surface area contributed by atoms with Gasteiger partial charge in [0, 0.05) is 17.3 Å². The van der Waals surface area contributed by atoms with Crippen molar-refractivity contribution < 1.29 is 9.59 Å². The molecule has 6 nitrogen and oxygen atoms in total. The van der Waals surface area contributed by atoms with Gasteiger partial charge in [-0.25, -0.2) is 0 Å². The van der Waals surface area contributed by atoms with E-state index in [1.807, 2.05) is 25.3 Å². The second kappa shape index (κ2) is 7.41. The number of carbonyl (C=O) groups is 2. The number of hydrogen-bond donors (Lipinski definition) is 1. The Morgan fingerprint density at radius 3 is 2.65 bits per heavy atom. The molecule has 122 valence electrons. The van der Waals surface area contributed by atoms with E-state index < -0.39 is 0 Å². The molecule has 2 aromatic rings. The highest BCUT2D eigenvalue weighted by atomic mass is 32.2. The first-order valence-corrected chi connectivity index (χ1v) is 8.24. The van der Waals surface area contributed by atoms with Crippen molar-refractivity contribution in [3.05, 3.63) is 36.2 Å². The Labute approximate surface area is 139 Å². The van der Waals surface area contributed by atoms with E-state index in [1.165, 1.54) is 18.7 Å². The molecule has 0 aliphatic heterocycles. The number of nitrogens with zero attached hydrogens (tertiary/aromatic N) is 3. The third-order valence-electron chi connectivity index (χ3n) is 3.28. The van der Waals surface area contributed by atoms with Gasteiger partial charge < -0.3 is 9.88 Å². The van der Waals surface area contributed by atoms with Gasteiger partial charge in [-0.3, -0.25) is 9.59 Å². The van der Waals surface area contributed by atoms with Crippen LogP contribution in [0.1, 0.15) is 44.1 Å². The van der Waals surface area contributed by atoms with Crippen LogP contribution in [0.25, 0.3) is 0 Å². The van der Waals surface area contributed by atoms with E-state index in [-0.39, 0.29) is 23.0 Å². The Kier molecular flexibility index (Phi) is 5.54. The number of rotatable bonds is 6. The average molecular weight is 332 g/mol. The van der Waals surface area contributed by atoms with Gasteiger partial charge in [-0.1, -0.05) is 23.9 Å². The van der Waals surface area contributed by atoms with Gasteiger partial charge in [-0.05, 0) is 39.8 Å². The summed E-state index contributed by atoms with van der Waals surface area (Å²) in [6.07, 6.45) is 1.66. The molecule has 7 heteroatoms. The molecule has 0 aliphatic rings. The molecule has 2 rings (SSSR count). The van der Waals surface area contributed by atoms with Crippen molar-refractivity contribution in [1.82, 2.24) is 14.8 Å². The quantitative estimate of drug-likeness (QED) is 0.649. The lowest BCUT2D eigenvalue weighted by atomic mass is 10.1. The minimum Gasteiger partial charge on any atom is -0.325 e. The highest BCUT2D eigenvalue weighted by molar-refractivity contribution is 8.00. The third-order valence-corrected chi connectivity index (χ3v) is 4.36. The van der Waals surface area contributed by atoms with Crippen LogP contribution < -0.4 is 5.32 Å². The first-order valence-electron chi connectivity index (χ1n) is 7.36. The summed E-state index contributed by atoms with van der Waals surface area (Å²) in [7, 11) is 0. The molecule has 0 aliphatic carbocycles. The number of Topliss-reactive ketones (excluding diaryl/α,β-unsaturated/α-hetero) is 1. The van der Waals surface area contributed by atoms with Crippen molar-refractivity contribution in [1.29, 1.82) is 0 Å². The van der Waals surface area contributed by atoms with Crippen molar-refractivity contribution in [3.63, 3.8) is 0 Å². The first-order chi connectivity index (χ1) is 10.9. The minimum absolute atomic E-state index is 0.0337. The molecule has 1 aromatic heterocycles. The summed E-state index contributed by atoms with van der Waals surface area (Å²) in [5, 5.41) is 11.2. The number of hydrogen-bond acceptors (Lipinski definition) is 5. The Bertz CT molecular complexity index is 712. The molecule has 1 heterocycles. The molecule has 0 saturated carbocycles. The second-order valence-electron chi connectivity index (χ2n) is 5.50. The number of aromatic nitrogens is 3. The molecular formula is C16H20N4O2S. The molecule has 23 heavy (non-hydrogen) atoms. The van der Waals surface area contributed by atoms with E-state index in [9.17, 15) is 9.59 Å². The Balaban J connectivity index is 2.04. The fourth-order valence-electron chi connectivity index (χ4n) is 1.94. The summed E-state index contributed by atoms with van der Waals surface area (Å²) >= 11 is 1.35. The van der Waals surface area contributed by atoms with E-state index in [0.717, 1.165) is 0 Å². The number of benzene rings is 1. The smallest absolute Gasteiger partial charge is 0.237 e. The zero-order valence-corrected chi connectivity index (χ0v) is 14.4. The molecule has 0 saturated heterocycles. The van der Waals surface area contributed by atoms with Crippen molar-refractivity contribution in [2.75, 3.05) is 5.32 Å². The van der Waals surface area contributed by atoms with Crippen LogP contribution in [0.4, 0.5) is 5.69 Å². The topological polar surface area (TPSA) is 76.9 Å². The van der Waals surface area contributed by atoms with Crippen molar-refractivity contribution in [2.24, 2.45) is 0 Å². The highest BCUT2D eigenvalue weighted by Crippen LogP contribution is 2.24. The van der Waals surface area contributed by atoms with E-state index in [0.29, 0.717) is 16.4 Å². The van der Waals surface area contributed by atoms with Crippen LogP contribution in [0, 0.1) is 0 Å². The molecule has 0 fully saturated rings. The van der Waals surface area contributed by atoms with E-state index in [4.69, 9.17) is 0 Å². The summed E-state index contributed by atoms with van der Waals surface area (Å²) in [5.41, 5.74) is 1.18. The lowest BCUT2D eigenvalue weighted by Crippen LogP contribution is -2.23. The predicted molar refractivity (Wildman–Crippen MR) is 90.8 cm³/mol. The molecule has 1 atom stereocenters. The summed E-state index contributed by atoms with van der Waals surface area (Å²) < 4.78 is 1.92. The number of thioether (sulfide) groups is 1. The molecule has 0 radical (unpaired) electrons. The summed E-state index contributed by atoms with van der Waals surface area (Å²) in [4.78, 5) is 23.7. The van der Waals surface area contributed by atoms with Gasteiger partial charge in [-0.15, -0.1) is 10.2 Å². The third kappa shape index (κ3) is 4.41. The van der Waals surface area contributed by atoms with Crippen LogP contribution in [0.15, 0.2) is 35.7 Å². The zero-order valence-electron chi connectivity index (χ0n) is 13.6. The lowest BCUT2D eigenvalue weighted by Gasteiger charge is -2.14. The van der Waals surface area contributed by atoms with Gasteiger partial charge in [0.2, 0.25) is 5.91 Å². The summed E-state index contributed by atoms with van der Waals surface area (Å²) in [5.74, 6) is -0.178. The van der Waals surface area contributed by atoms with Crippen LogP contribution in [-0.2, 0) is 4.79 Å². The molecule has 0 spiro atoms. The summed E-state index contributed by atoms with van der Waals surface area (Å²) in [6, 6.07) is 7.14. The molecule has 0 bridgehead atoms. The van der Waals surface area contributed by atoms with Crippen molar-refractivity contribution in [3.8, 4) is 0 Å². The van der Waals surface area contributed by atoms with Gasteiger partial charge in [0.15, 0.2) is 10.9 Å². The van der Waals surface area contributed by atoms with Crippen LogP contribution in [0.2, 0.25) is 0 Å². The van der Waals surface area contributed by atoms with Crippen LogP contribution in [0.5, 0.6) is 0 Å². The van der Waals surface area contributed by atoms with E-state index in [1.54, 1.807) is 30.6 Å². The maximum Gasteiger partial charge on any atom is 0.237 e. The van der Waals surface area contributed by atoms with Crippen LogP contribution >= 0.6 is 11.8 Å². The Morgan fingerprint density at radius 2 is 2.00 bits per heavy atom. The highest BCUT2D eigenvalue weighted by Gasteiger charge is 2.19. The molecule has 0 unspecified atom stereocenters. The van der Waals surface area contributed by atoms with Gasteiger partial charge in [0.25, 0.3) is 0 Å². The van der Waals surface area contributed by atoms with E-state index >= 15 is 0 Å². The average Bonchev–Trinajstić information content (AvgIpc) is 2.95. The standard InChI is InChI=1S/C16H20N4O2S/c1-10(2)20-9-17-19-16(20)23-12(4)15(22)18-14-7-5-6-13(8-14)11(3)21/h5-10,12H,1-4H3,(H,18,22)/t12-/m1/s1. The largest absolute Gasteiger partial charge is 0.325 e. The number of carbonyl (C=O) groups excluding carboxylic acids is 2. The van der Waals surface area contributed by atoms with Gasteiger partial charge in [0.05, 0.1) is 5.25 Å². The number of nitrogens with one attached hydrogen (secondary N) is 1. The van der Waals surface area contributed by atoms with Crippen molar-refractivity contribution >= 4 is 29.1 Å². The van der Waals surface area contributed by atoms with Crippen LogP contribution in [0.3, 0.4) is 0 Å². The summed E-state index contributed by atoms with van der Waals surface area (Å²) in [6.45, 7) is 7.38. The van der Waals surface area contributed by atoms with Gasteiger partial charge in [-0.2, -0.15) is 0 Å². The van der Waals surface area contributed by atoms with Crippen LogP contribution in [-0.4, -0.2) is 31.7 Å². The normalized spacial score (nSPS) is 12.2. The maximum atomic E-state index is 12.3. The molecule has 1 amide bonds. The fraction of sp³-hybridized carbons (Fsp3) is 0.375. The molecular weight excluding hydrogens is 312 g/mol. The van der Waals surface area contributed by atoms with E-state index in [2.05, 4.69) is 15.5 Å². The first kappa shape index (κ1) is 17.2. The molecule has 1 N–H and O–H groups in total. The van der Waals surface area contributed by atoms with Crippen molar-refractivity contribution in [2.45, 2.75) is 44.1 Å². The number of anilines is 1. The Morgan fingerprint density at radius 1 is 1.26 bits per heavy atom. The van der Waals surface area contributed by atoms with Gasteiger partial charge >= 0.3 is 0 Å². The predicted octanol–water partition coefficient (Wildman–Crippen LogP) is 3.18. The lowest BCUT2D eigenvalue weighted by molar-refractivity contribution is -0.115. The van der Waals surface area contributed by atoms with Gasteiger partial charge in [0.1, 0.15) is 6.33 Å². The second-order valence-corrected chi connectivity index (χ2v) is 6.81. The SMILES string of the molecule is CC(=O)c1cccc(NC(=O)[C@@H](C)Sc2nncn2C(C)C)c1. The minimum atomic E-state index is -0.335. The molecule has 1 aromatic carbocycles. The number of ketones is 1. The Hall–Kier alpha value is -2.15.